The molecule has 0 bridgehead atoms. The number of amides is 1. The number of nitrogens with one attached hydrogen (secondary N) is 1. The highest BCUT2D eigenvalue weighted by Gasteiger charge is 2.38. The van der Waals surface area contributed by atoms with E-state index in [-0.39, 0.29) is 17.2 Å². The predicted octanol–water partition coefficient (Wildman–Crippen LogP) is 4.70. The van der Waals surface area contributed by atoms with Gasteiger partial charge in [0, 0.05) is 12.6 Å². The molecule has 0 heterocycles. The molecule has 1 atom stereocenters. The summed E-state index contributed by atoms with van der Waals surface area (Å²) in [5.41, 5.74) is -0.452. The van der Waals surface area contributed by atoms with Gasteiger partial charge in [0.05, 0.1) is 0 Å². The minimum absolute atomic E-state index is 0.195. The third-order valence-corrected chi connectivity index (χ3v) is 8.39. The monoisotopic (exact) mass is 317 g/mol. The normalized spacial score (nSPS) is 14.7. The maximum Gasteiger partial charge on any atom is 0.407 e. The fourth-order valence-electron chi connectivity index (χ4n) is 1.59. The number of carbonyl (C=O) groups excluding carboxylic acids is 1. The second kappa shape index (κ2) is 7.63. The summed E-state index contributed by atoms with van der Waals surface area (Å²) in [6.07, 6.45) is 1.62. The molecule has 0 rings (SSSR count). The van der Waals surface area contributed by atoms with Crippen molar-refractivity contribution >= 4 is 14.4 Å². The molecule has 21 heavy (non-hydrogen) atoms. The highest BCUT2D eigenvalue weighted by molar-refractivity contribution is 6.74. The van der Waals surface area contributed by atoms with Gasteiger partial charge >= 0.3 is 6.09 Å². The predicted molar refractivity (Wildman–Crippen MR) is 91.2 cm³/mol. The molecule has 1 amide bonds. The summed E-state index contributed by atoms with van der Waals surface area (Å²) in [6.45, 7) is 19.5. The van der Waals surface area contributed by atoms with E-state index in [2.05, 4.69) is 46.1 Å². The lowest BCUT2D eigenvalue weighted by Crippen LogP contribution is -2.44. The van der Waals surface area contributed by atoms with Crippen LogP contribution in [0.25, 0.3) is 0 Å². The van der Waals surface area contributed by atoms with Crippen molar-refractivity contribution in [3.05, 3.63) is 0 Å². The Hall–Kier alpha value is -0.553. The quantitative estimate of drug-likeness (QED) is 0.722. The first-order valence-electron chi connectivity index (χ1n) is 7.93. The molecule has 0 aliphatic heterocycles. The molecule has 0 aromatic heterocycles. The van der Waals surface area contributed by atoms with Crippen LogP contribution in [0.2, 0.25) is 18.1 Å². The van der Waals surface area contributed by atoms with Crippen molar-refractivity contribution in [2.24, 2.45) is 0 Å². The third-order valence-electron chi connectivity index (χ3n) is 3.86. The fourth-order valence-corrected chi connectivity index (χ4v) is 3.06. The van der Waals surface area contributed by atoms with Gasteiger partial charge in [-0.15, -0.1) is 0 Å². The van der Waals surface area contributed by atoms with E-state index in [1.807, 2.05) is 20.8 Å². The van der Waals surface area contributed by atoms with Gasteiger partial charge in [-0.2, -0.15) is 0 Å². The minimum Gasteiger partial charge on any atom is -0.444 e. The lowest BCUT2D eigenvalue weighted by Gasteiger charge is -2.39. The lowest BCUT2D eigenvalue weighted by molar-refractivity contribution is 0.0519. The molecule has 0 spiro atoms. The molecular formula is C16H35NO3Si. The van der Waals surface area contributed by atoms with Crippen LogP contribution in [-0.4, -0.2) is 32.7 Å². The molecule has 0 saturated heterocycles. The van der Waals surface area contributed by atoms with Gasteiger partial charge in [-0.05, 0) is 51.7 Å². The van der Waals surface area contributed by atoms with Gasteiger partial charge < -0.3 is 14.5 Å². The topological polar surface area (TPSA) is 47.6 Å². The van der Waals surface area contributed by atoms with Gasteiger partial charge in [0.2, 0.25) is 0 Å². The summed E-state index contributed by atoms with van der Waals surface area (Å²) >= 11 is 0. The molecule has 1 N–H and O–H groups in total. The Balaban J connectivity index is 4.27. The van der Waals surface area contributed by atoms with E-state index < -0.39 is 13.9 Å². The van der Waals surface area contributed by atoms with Crippen molar-refractivity contribution in [2.45, 2.75) is 91.1 Å². The van der Waals surface area contributed by atoms with Crippen molar-refractivity contribution in [1.29, 1.82) is 0 Å². The zero-order valence-electron chi connectivity index (χ0n) is 15.4. The number of rotatable bonds is 6. The van der Waals surface area contributed by atoms with Crippen LogP contribution in [0, 0.1) is 0 Å². The average molecular weight is 318 g/mol. The van der Waals surface area contributed by atoms with E-state index in [1.54, 1.807) is 0 Å². The molecule has 0 aromatic rings. The van der Waals surface area contributed by atoms with E-state index >= 15 is 0 Å². The second-order valence-corrected chi connectivity index (χ2v) is 12.9. The largest absolute Gasteiger partial charge is 0.444 e. The Bertz CT molecular complexity index is 329. The number of alkyl carbamates (subject to hydrolysis) is 1. The third kappa shape index (κ3) is 8.46. The zero-order chi connectivity index (χ0) is 16.9. The summed E-state index contributed by atoms with van der Waals surface area (Å²) in [6, 6.07) is 0. The molecule has 126 valence electrons. The van der Waals surface area contributed by atoms with E-state index in [4.69, 9.17) is 9.16 Å². The smallest absolute Gasteiger partial charge is 0.407 e. The first-order valence-corrected chi connectivity index (χ1v) is 10.8. The molecular weight excluding hydrogens is 282 g/mol. The number of hydrogen-bond donors (Lipinski definition) is 1. The van der Waals surface area contributed by atoms with Gasteiger partial charge in [0.15, 0.2) is 8.32 Å². The summed E-state index contributed by atoms with van der Waals surface area (Å²) < 4.78 is 11.6. The Morgan fingerprint density at radius 3 is 2.05 bits per heavy atom. The van der Waals surface area contributed by atoms with Gasteiger partial charge in [0.25, 0.3) is 0 Å². The SMILES string of the molecule is CC[C@@H](CCNC(=O)OC(C)(C)C)O[Si](C)(C)C(C)(C)C. The van der Waals surface area contributed by atoms with Crippen LogP contribution in [-0.2, 0) is 9.16 Å². The first kappa shape index (κ1) is 20.4. The summed E-state index contributed by atoms with van der Waals surface area (Å²) in [4.78, 5) is 11.6. The Morgan fingerprint density at radius 2 is 1.67 bits per heavy atom. The van der Waals surface area contributed by atoms with E-state index in [0.717, 1.165) is 12.8 Å². The van der Waals surface area contributed by atoms with Crippen LogP contribution in [0.1, 0.15) is 61.3 Å². The van der Waals surface area contributed by atoms with Crippen LogP contribution in [0.15, 0.2) is 0 Å². The second-order valence-electron chi connectivity index (χ2n) is 8.13. The van der Waals surface area contributed by atoms with Gasteiger partial charge in [-0.1, -0.05) is 27.7 Å². The van der Waals surface area contributed by atoms with Crippen molar-refractivity contribution in [1.82, 2.24) is 5.32 Å². The van der Waals surface area contributed by atoms with E-state index in [9.17, 15) is 4.79 Å². The molecule has 0 aliphatic carbocycles. The Labute approximate surface area is 132 Å². The molecule has 0 fully saturated rings. The summed E-state index contributed by atoms with van der Waals surface area (Å²) in [5, 5.41) is 3.01. The molecule has 0 radical (unpaired) electrons. The Kier molecular flexibility index (Phi) is 7.43. The van der Waals surface area contributed by atoms with Crippen LogP contribution in [0.3, 0.4) is 0 Å². The maximum atomic E-state index is 11.6. The maximum absolute atomic E-state index is 11.6. The van der Waals surface area contributed by atoms with Gasteiger partial charge in [-0.3, -0.25) is 0 Å². The van der Waals surface area contributed by atoms with Crippen molar-refractivity contribution in [2.75, 3.05) is 6.54 Å². The molecule has 5 heteroatoms. The standard InChI is InChI=1S/C16H35NO3Si/c1-10-13(20-21(8,9)16(5,6)7)11-12-17-14(18)19-15(2,3)4/h13H,10-12H2,1-9H3,(H,17,18)/t13-/m0/s1. The highest BCUT2D eigenvalue weighted by Crippen LogP contribution is 2.37. The highest BCUT2D eigenvalue weighted by atomic mass is 28.4. The average Bonchev–Trinajstić information content (AvgIpc) is 2.23. The molecule has 0 unspecified atom stereocenters. The van der Waals surface area contributed by atoms with Crippen LogP contribution in [0.4, 0.5) is 4.79 Å². The molecule has 0 saturated carbocycles. The number of hydrogen-bond acceptors (Lipinski definition) is 3. The molecule has 4 nitrogen and oxygen atoms in total. The minimum atomic E-state index is -1.75. The van der Waals surface area contributed by atoms with E-state index in [0.29, 0.717) is 6.54 Å². The molecule has 0 aliphatic rings. The van der Waals surface area contributed by atoms with Crippen molar-refractivity contribution in [3.63, 3.8) is 0 Å². The number of ether oxygens (including phenoxy) is 1. The van der Waals surface area contributed by atoms with E-state index in [1.165, 1.54) is 0 Å². The first-order chi connectivity index (χ1) is 9.28. The fraction of sp³-hybridized carbons (Fsp3) is 0.938. The van der Waals surface area contributed by atoms with Gasteiger partial charge in [0.1, 0.15) is 5.60 Å². The van der Waals surface area contributed by atoms with Crippen molar-refractivity contribution < 1.29 is 14.0 Å². The van der Waals surface area contributed by atoms with Crippen LogP contribution in [0.5, 0.6) is 0 Å². The molecule has 0 aromatic carbocycles. The summed E-state index contributed by atoms with van der Waals surface area (Å²) in [7, 11) is -1.75. The lowest BCUT2D eigenvalue weighted by atomic mass is 10.2. The van der Waals surface area contributed by atoms with Crippen LogP contribution >= 0.6 is 0 Å². The Morgan fingerprint density at radius 1 is 1.14 bits per heavy atom. The van der Waals surface area contributed by atoms with Crippen LogP contribution < -0.4 is 5.32 Å². The summed E-state index contributed by atoms with van der Waals surface area (Å²) in [5.74, 6) is 0. The zero-order valence-corrected chi connectivity index (χ0v) is 16.4. The van der Waals surface area contributed by atoms with Crippen molar-refractivity contribution in [3.8, 4) is 0 Å². The number of carbonyl (C=O) groups is 1. The van der Waals surface area contributed by atoms with Gasteiger partial charge in [-0.25, -0.2) is 4.79 Å².